The highest BCUT2D eigenvalue weighted by atomic mass is 16.7. The molecule has 0 aliphatic carbocycles. The van der Waals surface area contributed by atoms with E-state index >= 15 is 0 Å². The summed E-state index contributed by atoms with van der Waals surface area (Å²) in [6, 6.07) is 0. The standard InChI is InChI=1S/C14H24O4/c1-13(15)16-10-6-3-2-4-7-11-17-14-9-5-8-12-18-14/h2-3,14H,4-12H2,1H3. The molecular weight excluding hydrogens is 232 g/mol. The number of allylic oxidation sites excluding steroid dienone is 1. The molecule has 1 atom stereocenters. The van der Waals surface area contributed by atoms with Crippen LogP contribution in [0.15, 0.2) is 12.2 Å². The van der Waals surface area contributed by atoms with Crippen molar-refractivity contribution in [1.82, 2.24) is 0 Å². The van der Waals surface area contributed by atoms with Crippen molar-refractivity contribution in [2.75, 3.05) is 19.8 Å². The molecule has 0 N–H and O–H groups in total. The Morgan fingerprint density at radius 2 is 2.11 bits per heavy atom. The van der Waals surface area contributed by atoms with Gasteiger partial charge in [0, 0.05) is 13.5 Å². The second kappa shape index (κ2) is 10.1. The lowest BCUT2D eigenvalue weighted by molar-refractivity contribution is -0.162. The minimum atomic E-state index is -0.218. The molecular formula is C14H24O4. The lowest BCUT2D eigenvalue weighted by Gasteiger charge is -2.22. The summed E-state index contributed by atoms with van der Waals surface area (Å²) >= 11 is 0. The zero-order valence-electron chi connectivity index (χ0n) is 11.2. The van der Waals surface area contributed by atoms with E-state index in [1.165, 1.54) is 13.3 Å². The van der Waals surface area contributed by atoms with Gasteiger partial charge in [0.1, 0.15) is 0 Å². The first-order chi connectivity index (χ1) is 8.79. The molecule has 0 aromatic rings. The SMILES string of the molecule is CC(=O)OCCC=CCCCOC1CCCCO1. The van der Waals surface area contributed by atoms with Gasteiger partial charge in [-0.05, 0) is 38.5 Å². The molecule has 0 amide bonds. The zero-order chi connectivity index (χ0) is 13.1. The average molecular weight is 256 g/mol. The van der Waals surface area contributed by atoms with E-state index in [2.05, 4.69) is 6.08 Å². The molecule has 0 bridgehead atoms. The second-order valence-electron chi connectivity index (χ2n) is 4.41. The number of esters is 1. The van der Waals surface area contributed by atoms with Crippen LogP contribution in [0.5, 0.6) is 0 Å². The summed E-state index contributed by atoms with van der Waals surface area (Å²) in [7, 11) is 0. The Labute approximate surface area is 109 Å². The van der Waals surface area contributed by atoms with E-state index in [1.54, 1.807) is 0 Å². The van der Waals surface area contributed by atoms with Crippen LogP contribution in [0, 0.1) is 0 Å². The van der Waals surface area contributed by atoms with Crippen molar-refractivity contribution in [1.29, 1.82) is 0 Å². The van der Waals surface area contributed by atoms with Crippen LogP contribution < -0.4 is 0 Å². The third-order valence-corrected chi connectivity index (χ3v) is 2.71. The largest absolute Gasteiger partial charge is 0.466 e. The van der Waals surface area contributed by atoms with Crippen molar-refractivity contribution in [2.45, 2.75) is 51.7 Å². The Kier molecular flexibility index (Phi) is 8.51. The molecule has 4 heteroatoms. The lowest BCUT2D eigenvalue weighted by Crippen LogP contribution is -2.22. The molecule has 1 aliphatic heterocycles. The maximum Gasteiger partial charge on any atom is 0.302 e. The van der Waals surface area contributed by atoms with Crippen LogP contribution in [-0.4, -0.2) is 32.1 Å². The number of hydrogen-bond acceptors (Lipinski definition) is 4. The van der Waals surface area contributed by atoms with Crippen molar-refractivity contribution in [3.8, 4) is 0 Å². The molecule has 104 valence electrons. The number of ether oxygens (including phenoxy) is 3. The van der Waals surface area contributed by atoms with Gasteiger partial charge in [-0.15, -0.1) is 0 Å². The highest BCUT2D eigenvalue weighted by Gasteiger charge is 2.12. The molecule has 0 aromatic heterocycles. The summed E-state index contributed by atoms with van der Waals surface area (Å²) in [5.41, 5.74) is 0. The van der Waals surface area contributed by atoms with E-state index in [9.17, 15) is 4.79 Å². The van der Waals surface area contributed by atoms with Gasteiger partial charge in [-0.1, -0.05) is 12.2 Å². The normalized spacial score (nSPS) is 20.2. The Balaban J connectivity index is 1.85. The first-order valence-corrected chi connectivity index (χ1v) is 6.80. The van der Waals surface area contributed by atoms with Gasteiger partial charge in [0.15, 0.2) is 6.29 Å². The Hall–Kier alpha value is -0.870. The molecule has 1 unspecified atom stereocenters. The highest BCUT2D eigenvalue weighted by molar-refractivity contribution is 5.65. The smallest absolute Gasteiger partial charge is 0.302 e. The quantitative estimate of drug-likeness (QED) is 0.380. The first-order valence-electron chi connectivity index (χ1n) is 6.80. The fraction of sp³-hybridized carbons (Fsp3) is 0.786. The van der Waals surface area contributed by atoms with Gasteiger partial charge < -0.3 is 14.2 Å². The molecule has 1 saturated heterocycles. The first kappa shape index (κ1) is 15.2. The summed E-state index contributed by atoms with van der Waals surface area (Å²) in [5, 5.41) is 0. The maximum atomic E-state index is 10.5. The molecule has 4 nitrogen and oxygen atoms in total. The van der Waals surface area contributed by atoms with Gasteiger partial charge in [-0.25, -0.2) is 0 Å². The average Bonchev–Trinajstić information content (AvgIpc) is 2.37. The Morgan fingerprint density at radius 1 is 1.28 bits per heavy atom. The van der Waals surface area contributed by atoms with Gasteiger partial charge in [0.25, 0.3) is 0 Å². The van der Waals surface area contributed by atoms with Crippen molar-refractivity contribution < 1.29 is 19.0 Å². The van der Waals surface area contributed by atoms with Crippen LogP contribution in [0.3, 0.4) is 0 Å². The van der Waals surface area contributed by atoms with Crippen LogP contribution in [0.1, 0.15) is 45.4 Å². The lowest BCUT2D eigenvalue weighted by atomic mass is 10.2. The molecule has 0 spiro atoms. The van der Waals surface area contributed by atoms with E-state index in [0.29, 0.717) is 6.61 Å². The molecule has 1 aliphatic rings. The molecule has 0 aromatic carbocycles. The number of rotatable bonds is 8. The van der Waals surface area contributed by atoms with E-state index < -0.39 is 0 Å². The Morgan fingerprint density at radius 3 is 2.83 bits per heavy atom. The van der Waals surface area contributed by atoms with Gasteiger partial charge in [0.05, 0.1) is 13.2 Å². The summed E-state index contributed by atoms with van der Waals surface area (Å²) in [6.45, 7) is 3.48. The van der Waals surface area contributed by atoms with Crippen LogP contribution >= 0.6 is 0 Å². The molecule has 1 rings (SSSR count). The van der Waals surface area contributed by atoms with E-state index in [1.807, 2.05) is 6.08 Å². The van der Waals surface area contributed by atoms with Crippen LogP contribution in [-0.2, 0) is 19.0 Å². The minimum Gasteiger partial charge on any atom is -0.466 e. The third-order valence-electron chi connectivity index (χ3n) is 2.71. The third kappa shape index (κ3) is 8.25. The summed E-state index contributed by atoms with van der Waals surface area (Å²) in [6.07, 6.45) is 10.3. The van der Waals surface area contributed by atoms with Gasteiger partial charge in [-0.2, -0.15) is 0 Å². The number of unbranched alkanes of at least 4 members (excludes halogenated alkanes) is 1. The summed E-state index contributed by atoms with van der Waals surface area (Å²) in [5.74, 6) is -0.218. The van der Waals surface area contributed by atoms with E-state index in [-0.39, 0.29) is 12.3 Å². The molecule has 1 heterocycles. The predicted octanol–water partition coefficient (Wildman–Crippen LogP) is 2.82. The van der Waals surface area contributed by atoms with Crippen molar-refractivity contribution in [3.05, 3.63) is 12.2 Å². The van der Waals surface area contributed by atoms with Crippen molar-refractivity contribution >= 4 is 5.97 Å². The van der Waals surface area contributed by atoms with Gasteiger partial charge >= 0.3 is 5.97 Å². The highest BCUT2D eigenvalue weighted by Crippen LogP contribution is 2.13. The minimum absolute atomic E-state index is 0.0201. The van der Waals surface area contributed by atoms with Crippen LogP contribution in [0.25, 0.3) is 0 Å². The van der Waals surface area contributed by atoms with Crippen LogP contribution in [0.2, 0.25) is 0 Å². The molecule has 0 saturated carbocycles. The predicted molar refractivity (Wildman–Crippen MR) is 69.2 cm³/mol. The van der Waals surface area contributed by atoms with Crippen molar-refractivity contribution in [2.24, 2.45) is 0 Å². The molecule has 1 fully saturated rings. The number of hydrogen-bond donors (Lipinski definition) is 0. The van der Waals surface area contributed by atoms with E-state index in [4.69, 9.17) is 14.2 Å². The fourth-order valence-corrected chi connectivity index (χ4v) is 1.76. The topological polar surface area (TPSA) is 44.8 Å². The van der Waals surface area contributed by atoms with Crippen molar-refractivity contribution in [3.63, 3.8) is 0 Å². The Bertz CT molecular complexity index is 244. The monoisotopic (exact) mass is 256 g/mol. The van der Waals surface area contributed by atoms with Crippen LogP contribution in [0.4, 0.5) is 0 Å². The molecule has 18 heavy (non-hydrogen) atoms. The van der Waals surface area contributed by atoms with E-state index in [0.717, 1.165) is 45.3 Å². The van der Waals surface area contributed by atoms with Gasteiger partial charge in [-0.3, -0.25) is 4.79 Å². The summed E-state index contributed by atoms with van der Waals surface area (Å²) in [4.78, 5) is 10.5. The number of carbonyl (C=O) groups is 1. The maximum absolute atomic E-state index is 10.5. The van der Waals surface area contributed by atoms with Gasteiger partial charge in [0.2, 0.25) is 0 Å². The fourth-order valence-electron chi connectivity index (χ4n) is 1.76. The second-order valence-corrected chi connectivity index (χ2v) is 4.41. The molecule has 0 radical (unpaired) electrons. The number of carbonyl (C=O) groups excluding carboxylic acids is 1. The zero-order valence-corrected chi connectivity index (χ0v) is 11.2. The summed E-state index contributed by atoms with van der Waals surface area (Å²) < 4.78 is 15.9.